The summed E-state index contributed by atoms with van der Waals surface area (Å²) in [5.41, 5.74) is 1.72. The van der Waals surface area contributed by atoms with Crippen molar-refractivity contribution < 1.29 is 0 Å². The first kappa shape index (κ1) is 9.54. The van der Waals surface area contributed by atoms with Crippen molar-refractivity contribution in [1.29, 1.82) is 0 Å². The van der Waals surface area contributed by atoms with Gasteiger partial charge >= 0.3 is 0 Å². The van der Waals surface area contributed by atoms with Crippen LogP contribution < -0.4 is 0 Å². The SMILES string of the molecule is C/C(=C\N(C)C)C(C)(C)C. The van der Waals surface area contributed by atoms with E-state index in [1.54, 1.807) is 0 Å². The van der Waals surface area contributed by atoms with Crippen LogP contribution in [0, 0.1) is 5.41 Å². The van der Waals surface area contributed by atoms with Crippen LogP contribution in [-0.2, 0) is 0 Å². The third-order valence-electron chi connectivity index (χ3n) is 1.63. The minimum atomic E-state index is 0.310. The average molecular weight is 141 g/mol. The van der Waals surface area contributed by atoms with Crippen molar-refractivity contribution in [3.8, 4) is 0 Å². The lowest BCUT2D eigenvalue weighted by Gasteiger charge is -2.21. The normalized spacial score (nSPS) is 13.6. The molecule has 0 aromatic heterocycles. The van der Waals surface area contributed by atoms with Crippen molar-refractivity contribution in [3.63, 3.8) is 0 Å². The van der Waals surface area contributed by atoms with Crippen LogP contribution in [0.3, 0.4) is 0 Å². The van der Waals surface area contributed by atoms with Gasteiger partial charge in [0.2, 0.25) is 0 Å². The van der Waals surface area contributed by atoms with Crippen molar-refractivity contribution in [2.24, 2.45) is 5.41 Å². The van der Waals surface area contributed by atoms with E-state index in [9.17, 15) is 0 Å². The largest absolute Gasteiger partial charge is 0.384 e. The van der Waals surface area contributed by atoms with E-state index in [0.717, 1.165) is 0 Å². The predicted octanol–water partition coefficient (Wildman–Crippen LogP) is 2.50. The Morgan fingerprint density at radius 3 is 1.70 bits per heavy atom. The molecule has 1 heteroatoms. The Balaban J connectivity index is 4.20. The van der Waals surface area contributed by atoms with Gasteiger partial charge in [-0.1, -0.05) is 26.3 Å². The molecule has 0 fully saturated rings. The molecule has 0 N–H and O–H groups in total. The van der Waals surface area contributed by atoms with Crippen LogP contribution in [-0.4, -0.2) is 19.0 Å². The Morgan fingerprint density at radius 1 is 1.20 bits per heavy atom. The molecule has 0 spiro atoms. The van der Waals surface area contributed by atoms with Crippen LogP contribution in [0.15, 0.2) is 11.8 Å². The second-order valence-corrected chi connectivity index (χ2v) is 4.03. The van der Waals surface area contributed by atoms with Gasteiger partial charge in [-0.15, -0.1) is 0 Å². The van der Waals surface area contributed by atoms with Crippen molar-refractivity contribution >= 4 is 0 Å². The number of nitrogens with zero attached hydrogens (tertiary/aromatic N) is 1. The molecule has 0 amide bonds. The summed E-state index contributed by atoms with van der Waals surface area (Å²) in [5.74, 6) is 0. The summed E-state index contributed by atoms with van der Waals surface area (Å²) in [7, 11) is 4.10. The lowest BCUT2D eigenvalue weighted by atomic mass is 9.88. The lowest BCUT2D eigenvalue weighted by molar-refractivity contribution is 0.472. The molecule has 0 unspecified atom stereocenters. The summed E-state index contributed by atoms with van der Waals surface area (Å²) >= 11 is 0. The first-order valence-corrected chi connectivity index (χ1v) is 3.69. The molecule has 60 valence electrons. The smallest absolute Gasteiger partial charge is 0.00556 e. The number of rotatable bonds is 1. The maximum atomic E-state index is 2.22. The second kappa shape index (κ2) is 3.09. The summed E-state index contributed by atoms with van der Waals surface area (Å²) in [6, 6.07) is 0. The number of hydrogen-bond donors (Lipinski definition) is 0. The van der Waals surface area contributed by atoms with Crippen LogP contribution in [0.1, 0.15) is 27.7 Å². The van der Waals surface area contributed by atoms with Crippen molar-refractivity contribution in [2.75, 3.05) is 14.1 Å². The predicted molar refractivity (Wildman–Crippen MR) is 46.9 cm³/mol. The molecule has 0 bridgehead atoms. The van der Waals surface area contributed by atoms with Crippen LogP contribution in [0.5, 0.6) is 0 Å². The molecule has 0 radical (unpaired) electrons. The zero-order valence-electron chi connectivity index (χ0n) is 8.02. The Labute approximate surface area is 64.7 Å². The highest BCUT2D eigenvalue weighted by molar-refractivity contribution is 5.05. The van der Waals surface area contributed by atoms with Crippen LogP contribution in [0.4, 0.5) is 0 Å². The summed E-state index contributed by atoms with van der Waals surface area (Å²) in [6.45, 7) is 8.84. The van der Waals surface area contributed by atoms with Gasteiger partial charge in [0, 0.05) is 14.1 Å². The molecule has 0 atom stereocenters. The zero-order valence-corrected chi connectivity index (χ0v) is 8.02. The van der Waals surface area contributed by atoms with Crippen molar-refractivity contribution in [1.82, 2.24) is 4.90 Å². The van der Waals surface area contributed by atoms with E-state index >= 15 is 0 Å². The van der Waals surface area contributed by atoms with E-state index in [-0.39, 0.29) is 0 Å². The highest BCUT2D eigenvalue weighted by Crippen LogP contribution is 2.23. The van der Waals surface area contributed by atoms with E-state index in [2.05, 4.69) is 52.9 Å². The van der Waals surface area contributed by atoms with Crippen molar-refractivity contribution in [2.45, 2.75) is 27.7 Å². The minimum Gasteiger partial charge on any atom is -0.384 e. The van der Waals surface area contributed by atoms with Gasteiger partial charge in [-0.05, 0) is 18.5 Å². The molecule has 0 aromatic carbocycles. The molecule has 0 aliphatic rings. The van der Waals surface area contributed by atoms with Gasteiger partial charge in [-0.3, -0.25) is 0 Å². The molecule has 0 aliphatic carbocycles. The first-order valence-electron chi connectivity index (χ1n) is 3.69. The van der Waals surface area contributed by atoms with Crippen molar-refractivity contribution in [3.05, 3.63) is 11.8 Å². The second-order valence-electron chi connectivity index (χ2n) is 4.03. The third-order valence-corrected chi connectivity index (χ3v) is 1.63. The van der Waals surface area contributed by atoms with Gasteiger partial charge in [0.1, 0.15) is 0 Å². The molecular formula is C9H19N. The molecule has 0 heterocycles. The highest BCUT2D eigenvalue weighted by atomic mass is 15.0. The third kappa shape index (κ3) is 3.54. The van der Waals surface area contributed by atoms with Crippen LogP contribution in [0.25, 0.3) is 0 Å². The monoisotopic (exact) mass is 141 g/mol. The van der Waals surface area contributed by atoms with Gasteiger partial charge in [-0.25, -0.2) is 0 Å². The Kier molecular flexibility index (Phi) is 2.95. The Bertz CT molecular complexity index is 126. The Morgan fingerprint density at radius 2 is 1.60 bits per heavy atom. The van der Waals surface area contributed by atoms with E-state index in [1.165, 1.54) is 5.57 Å². The fourth-order valence-electron chi connectivity index (χ4n) is 0.581. The van der Waals surface area contributed by atoms with E-state index < -0.39 is 0 Å². The van der Waals surface area contributed by atoms with Gasteiger partial charge in [0.15, 0.2) is 0 Å². The summed E-state index contributed by atoms with van der Waals surface area (Å²) in [5, 5.41) is 0. The maximum Gasteiger partial charge on any atom is 0.00556 e. The molecule has 1 nitrogen and oxygen atoms in total. The topological polar surface area (TPSA) is 3.24 Å². The molecule has 0 rings (SSSR count). The summed E-state index contributed by atoms with van der Waals surface area (Å²) < 4.78 is 0. The fourth-order valence-corrected chi connectivity index (χ4v) is 0.581. The van der Waals surface area contributed by atoms with E-state index in [4.69, 9.17) is 0 Å². The highest BCUT2D eigenvalue weighted by Gasteiger charge is 2.11. The van der Waals surface area contributed by atoms with E-state index in [0.29, 0.717) is 5.41 Å². The first-order chi connectivity index (χ1) is 4.34. The standard InChI is InChI=1S/C9H19N/c1-8(7-10(5)6)9(2,3)4/h7H,1-6H3/b8-7+. The lowest BCUT2D eigenvalue weighted by Crippen LogP contribution is -2.11. The molecule has 0 saturated carbocycles. The minimum absolute atomic E-state index is 0.310. The summed E-state index contributed by atoms with van der Waals surface area (Å²) in [4.78, 5) is 2.08. The molecule has 0 saturated heterocycles. The Hall–Kier alpha value is -0.460. The molecular weight excluding hydrogens is 122 g/mol. The molecule has 10 heavy (non-hydrogen) atoms. The molecule has 0 aliphatic heterocycles. The van der Waals surface area contributed by atoms with Gasteiger partial charge in [0.05, 0.1) is 0 Å². The van der Waals surface area contributed by atoms with Gasteiger partial charge < -0.3 is 4.90 Å². The van der Waals surface area contributed by atoms with Crippen LogP contribution >= 0.6 is 0 Å². The number of allylic oxidation sites excluding steroid dienone is 1. The number of hydrogen-bond acceptors (Lipinski definition) is 1. The van der Waals surface area contributed by atoms with Crippen LogP contribution in [0.2, 0.25) is 0 Å². The van der Waals surface area contributed by atoms with E-state index in [1.807, 2.05) is 0 Å². The maximum absolute atomic E-state index is 2.22. The van der Waals surface area contributed by atoms with Gasteiger partial charge in [-0.2, -0.15) is 0 Å². The van der Waals surface area contributed by atoms with Gasteiger partial charge in [0.25, 0.3) is 0 Å². The average Bonchev–Trinajstić information content (AvgIpc) is 1.60. The quantitative estimate of drug-likeness (QED) is 0.542. The fraction of sp³-hybridized carbons (Fsp3) is 0.778. The summed E-state index contributed by atoms with van der Waals surface area (Å²) in [6.07, 6.45) is 2.17. The molecule has 0 aromatic rings. The zero-order chi connectivity index (χ0) is 8.36.